The van der Waals surface area contributed by atoms with E-state index in [-0.39, 0.29) is 0 Å². The summed E-state index contributed by atoms with van der Waals surface area (Å²) in [6, 6.07) is 1.91. The van der Waals surface area contributed by atoms with Crippen molar-refractivity contribution in [1.29, 1.82) is 0 Å². The van der Waals surface area contributed by atoms with Crippen molar-refractivity contribution in [3.8, 4) is 0 Å². The quantitative estimate of drug-likeness (QED) is 0.785. The van der Waals surface area contributed by atoms with Crippen LogP contribution in [0.3, 0.4) is 0 Å². The molecule has 3 nitrogen and oxygen atoms in total. The van der Waals surface area contributed by atoms with E-state index in [1.54, 1.807) is 15.3 Å². The Kier molecular flexibility index (Phi) is 2.70. The van der Waals surface area contributed by atoms with Crippen LogP contribution in [-0.2, 0) is 0 Å². The zero-order chi connectivity index (χ0) is 9.42. The lowest BCUT2D eigenvalue weighted by Gasteiger charge is -1.96. The number of nitrogens with zero attached hydrogens (tertiary/aromatic N) is 2. The fraction of sp³-hybridized carbons (Fsp3) is 0. The Balaban J connectivity index is 2.80. The van der Waals surface area contributed by atoms with Crippen molar-refractivity contribution in [3.63, 3.8) is 0 Å². The van der Waals surface area contributed by atoms with Gasteiger partial charge in [0.15, 0.2) is 5.65 Å². The fourth-order valence-electron chi connectivity index (χ4n) is 1.11. The van der Waals surface area contributed by atoms with Crippen LogP contribution in [0.4, 0.5) is 5.69 Å². The molecule has 0 saturated carbocycles. The summed E-state index contributed by atoms with van der Waals surface area (Å²) in [4.78, 5) is 4.25. The molecule has 0 aliphatic heterocycles. The zero-order valence-corrected chi connectivity index (χ0v) is 10.9. The number of halogens is 2. The molecule has 0 fully saturated rings. The first-order valence-electron chi connectivity index (χ1n) is 3.43. The third-order valence-corrected chi connectivity index (χ3v) is 3.99. The van der Waals surface area contributed by atoms with Crippen molar-refractivity contribution in [2.45, 2.75) is 0 Å². The summed E-state index contributed by atoms with van der Waals surface area (Å²) < 4.78 is 3.01. The Morgan fingerprint density at radius 3 is 3.08 bits per heavy atom. The van der Waals surface area contributed by atoms with Gasteiger partial charge in [0.05, 0.1) is 11.9 Å². The number of nitrogen functional groups attached to an aromatic ring is 1. The summed E-state index contributed by atoms with van der Waals surface area (Å²) in [5.74, 6) is 0. The molecule has 2 heterocycles. The van der Waals surface area contributed by atoms with Gasteiger partial charge in [0.1, 0.15) is 0 Å². The van der Waals surface area contributed by atoms with E-state index in [9.17, 15) is 0 Å². The first-order valence-corrected chi connectivity index (χ1v) is 7.54. The second-order valence-electron chi connectivity index (χ2n) is 2.51. The van der Waals surface area contributed by atoms with Gasteiger partial charge in [-0.25, -0.2) is 4.98 Å². The van der Waals surface area contributed by atoms with Crippen LogP contribution in [-0.4, -0.2) is 8.96 Å². The van der Waals surface area contributed by atoms with Gasteiger partial charge in [-0.2, -0.15) is 0 Å². The minimum Gasteiger partial charge on any atom is -0.397 e. The Labute approximate surface area is 99.9 Å². The van der Waals surface area contributed by atoms with E-state index < -0.39 is 0 Å². The Bertz CT molecular complexity index is 456. The molecule has 0 aromatic carbocycles. The molecule has 0 amide bonds. The number of aromatic nitrogens is 2. The normalized spacial score (nSPS) is 10.9. The molecule has 6 heteroatoms. The van der Waals surface area contributed by atoms with Crippen LogP contribution in [0, 0.1) is 0 Å². The van der Waals surface area contributed by atoms with Crippen LogP contribution in [0.15, 0.2) is 22.9 Å². The number of pyridine rings is 1. The number of nitrogens with two attached hydrogens (primary N) is 1. The van der Waals surface area contributed by atoms with Crippen molar-refractivity contribution in [3.05, 3.63) is 22.9 Å². The van der Waals surface area contributed by atoms with Gasteiger partial charge in [0, 0.05) is 46.4 Å². The van der Waals surface area contributed by atoms with Crippen molar-refractivity contribution >= 4 is 63.0 Å². The third kappa shape index (κ3) is 1.66. The topological polar surface area (TPSA) is 43.8 Å². The van der Waals surface area contributed by atoms with Gasteiger partial charge >= 0.3 is 0 Å². The summed E-state index contributed by atoms with van der Waals surface area (Å²) in [7, 11) is 1.58. The van der Waals surface area contributed by atoms with Crippen molar-refractivity contribution in [2.75, 3.05) is 5.73 Å². The first kappa shape index (κ1) is 9.60. The van der Waals surface area contributed by atoms with E-state index in [0.717, 1.165) is 15.5 Å². The van der Waals surface area contributed by atoms with Gasteiger partial charge in [-0.1, -0.05) is 0 Å². The molecule has 0 unspecified atom stereocenters. The highest BCUT2D eigenvalue weighted by Gasteiger charge is 2.07. The van der Waals surface area contributed by atoms with Gasteiger partial charge in [-0.15, -0.1) is 0 Å². The van der Waals surface area contributed by atoms with Crippen molar-refractivity contribution < 1.29 is 0 Å². The SMILES string of the molecule is Nc1cnc2c(c1)c(Br)cn2SI. The van der Waals surface area contributed by atoms with E-state index in [4.69, 9.17) is 5.73 Å². The van der Waals surface area contributed by atoms with E-state index in [2.05, 4.69) is 42.1 Å². The van der Waals surface area contributed by atoms with Gasteiger partial charge in [0.25, 0.3) is 0 Å². The van der Waals surface area contributed by atoms with Crippen LogP contribution in [0.25, 0.3) is 11.0 Å². The largest absolute Gasteiger partial charge is 0.397 e. The lowest BCUT2D eigenvalue weighted by atomic mass is 10.3. The van der Waals surface area contributed by atoms with Gasteiger partial charge in [0.2, 0.25) is 0 Å². The van der Waals surface area contributed by atoms with Crippen molar-refractivity contribution in [2.24, 2.45) is 0 Å². The Hall–Kier alpha value is 0.0500. The number of anilines is 1. The molecule has 0 spiro atoms. The predicted octanol–water partition coefficient (Wildman–Crippen LogP) is 3.23. The van der Waals surface area contributed by atoms with Crippen LogP contribution in [0.5, 0.6) is 0 Å². The predicted molar refractivity (Wildman–Crippen MR) is 68.9 cm³/mol. The lowest BCUT2D eigenvalue weighted by molar-refractivity contribution is 1.27. The molecule has 0 atom stereocenters. The molecule has 68 valence electrons. The molecule has 13 heavy (non-hydrogen) atoms. The van der Waals surface area contributed by atoms with Crippen LogP contribution in [0.2, 0.25) is 0 Å². The summed E-state index contributed by atoms with van der Waals surface area (Å²) in [6.45, 7) is 0. The maximum atomic E-state index is 5.64. The van der Waals surface area contributed by atoms with E-state index in [1.807, 2.05) is 16.2 Å². The van der Waals surface area contributed by atoms with E-state index in [0.29, 0.717) is 5.69 Å². The molecular formula is C7H5BrIN3S. The summed E-state index contributed by atoms with van der Waals surface area (Å²) in [5, 5.41) is 1.05. The molecule has 2 aromatic rings. The smallest absolute Gasteiger partial charge is 0.151 e. The minimum atomic E-state index is 0.685. The molecule has 2 aromatic heterocycles. The Morgan fingerprint density at radius 2 is 2.38 bits per heavy atom. The highest BCUT2D eigenvalue weighted by atomic mass is 127. The average Bonchev–Trinajstić information content (AvgIpc) is 2.43. The summed E-state index contributed by atoms with van der Waals surface area (Å²) >= 11 is 5.67. The number of rotatable bonds is 1. The lowest BCUT2D eigenvalue weighted by Crippen LogP contribution is -1.88. The summed E-state index contributed by atoms with van der Waals surface area (Å²) in [5.41, 5.74) is 7.26. The monoisotopic (exact) mass is 369 g/mol. The molecule has 0 radical (unpaired) electrons. The average molecular weight is 370 g/mol. The number of fused-ring (bicyclic) bond motifs is 1. The molecule has 0 bridgehead atoms. The maximum absolute atomic E-state index is 5.64. The van der Waals surface area contributed by atoms with Crippen LogP contribution in [0.1, 0.15) is 0 Å². The molecule has 2 rings (SSSR count). The number of hydrogen-bond donors (Lipinski definition) is 1. The van der Waals surface area contributed by atoms with E-state index in [1.165, 1.54) is 0 Å². The fourth-order valence-corrected chi connectivity index (χ4v) is 3.00. The highest BCUT2D eigenvalue weighted by molar-refractivity contribution is 14.2. The van der Waals surface area contributed by atoms with Crippen LogP contribution < -0.4 is 5.73 Å². The summed E-state index contributed by atoms with van der Waals surface area (Å²) in [6.07, 6.45) is 3.65. The van der Waals surface area contributed by atoms with Crippen LogP contribution >= 0.6 is 46.3 Å². The maximum Gasteiger partial charge on any atom is 0.151 e. The first-order chi connectivity index (χ1) is 6.22. The molecule has 0 saturated heterocycles. The van der Waals surface area contributed by atoms with Gasteiger partial charge in [-0.3, -0.25) is 3.97 Å². The highest BCUT2D eigenvalue weighted by Crippen LogP contribution is 2.31. The van der Waals surface area contributed by atoms with Gasteiger partial charge in [-0.05, 0) is 22.0 Å². The third-order valence-electron chi connectivity index (χ3n) is 1.66. The second-order valence-corrected chi connectivity index (χ2v) is 5.08. The standard InChI is InChI=1S/C7H5BrIN3S/c8-6-3-12(13-9)7-5(6)1-4(10)2-11-7/h1-3H,10H2. The molecular weight excluding hydrogens is 365 g/mol. The molecule has 0 aliphatic carbocycles. The Morgan fingerprint density at radius 1 is 1.62 bits per heavy atom. The second kappa shape index (κ2) is 3.66. The number of hydrogen-bond acceptors (Lipinski definition) is 3. The van der Waals surface area contributed by atoms with E-state index >= 15 is 0 Å². The van der Waals surface area contributed by atoms with Crippen molar-refractivity contribution in [1.82, 2.24) is 8.96 Å². The minimum absolute atomic E-state index is 0.685. The van der Waals surface area contributed by atoms with Gasteiger partial charge < -0.3 is 5.73 Å². The molecule has 2 N–H and O–H groups in total. The molecule has 0 aliphatic rings. The zero-order valence-electron chi connectivity index (χ0n) is 6.37.